The van der Waals surface area contributed by atoms with Gasteiger partial charge in [0.15, 0.2) is 0 Å². The average Bonchev–Trinajstić information content (AvgIpc) is 2.72. The summed E-state index contributed by atoms with van der Waals surface area (Å²) in [6, 6.07) is 20.9. The van der Waals surface area contributed by atoms with Gasteiger partial charge in [-0.25, -0.2) is 0 Å². The van der Waals surface area contributed by atoms with Crippen LogP contribution in [-0.2, 0) is 4.79 Å². The van der Waals surface area contributed by atoms with Crippen LogP contribution in [0, 0.1) is 0 Å². The molecule has 0 atom stereocenters. The van der Waals surface area contributed by atoms with E-state index in [1.165, 1.54) is 36.8 Å². The van der Waals surface area contributed by atoms with E-state index in [-0.39, 0.29) is 5.92 Å². The van der Waals surface area contributed by atoms with Gasteiger partial charge < -0.3 is 4.90 Å². The lowest BCUT2D eigenvalue weighted by molar-refractivity contribution is -0.131. The Balaban J connectivity index is 2.13. The van der Waals surface area contributed by atoms with Crippen LogP contribution >= 0.6 is 0 Å². The fraction of sp³-hybridized carbons (Fsp3) is 0.480. The van der Waals surface area contributed by atoms with Crippen molar-refractivity contribution in [3.8, 4) is 0 Å². The van der Waals surface area contributed by atoms with Crippen LogP contribution in [0.2, 0.25) is 0 Å². The number of rotatable bonds is 12. The summed E-state index contributed by atoms with van der Waals surface area (Å²) in [5, 5.41) is 0. The van der Waals surface area contributed by atoms with Crippen LogP contribution in [0.15, 0.2) is 60.7 Å². The first-order valence-electron chi connectivity index (χ1n) is 10.6. The molecule has 0 unspecified atom stereocenters. The molecule has 1 amide bonds. The normalized spacial score (nSPS) is 10.9. The standard InChI is InChI=1S/C25H35NO/c1-3-5-13-19-26(20-14-6-4-2)25(27)21-24(22-15-9-7-10-16-22)23-17-11-8-12-18-23/h7-12,15-18,24H,3-6,13-14,19-21H2,1-2H3. The minimum absolute atomic E-state index is 0.125. The van der Waals surface area contributed by atoms with Gasteiger partial charge in [0.25, 0.3) is 0 Å². The molecule has 0 bridgehead atoms. The molecule has 0 heterocycles. The van der Waals surface area contributed by atoms with Crippen molar-refractivity contribution in [2.45, 2.75) is 64.7 Å². The van der Waals surface area contributed by atoms with Gasteiger partial charge in [-0.2, -0.15) is 0 Å². The minimum Gasteiger partial charge on any atom is -0.343 e. The van der Waals surface area contributed by atoms with E-state index >= 15 is 0 Å². The van der Waals surface area contributed by atoms with Crippen LogP contribution in [0.3, 0.4) is 0 Å². The first-order chi connectivity index (χ1) is 13.3. The topological polar surface area (TPSA) is 20.3 Å². The van der Waals surface area contributed by atoms with E-state index in [1.54, 1.807) is 0 Å². The molecule has 2 nitrogen and oxygen atoms in total. The maximum atomic E-state index is 13.2. The molecule has 2 aromatic carbocycles. The Kier molecular flexibility index (Phi) is 9.68. The van der Waals surface area contributed by atoms with Crippen LogP contribution in [0.5, 0.6) is 0 Å². The van der Waals surface area contributed by atoms with Crippen LogP contribution in [0.4, 0.5) is 0 Å². The molecule has 0 saturated heterocycles. The van der Waals surface area contributed by atoms with Gasteiger partial charge in [0, 0.05) is 25.4 Å². The molecule has 0 aliphatic heterocycles. The van der Waals surface area contributed by atoms with E-state index in [9.17, 15) is 4.79 Å². The Bertz CT molecular complexity index is 588. The molecule has 0 N–H and O–H groups in total. The highest BCUT2D eigenvalue weighted by Gasteiger charge is 2.21. The van der Waals surface area contributed by atoms with E-state index in [0.717, 1.165) is 25.9 Å². The average molecular weight is 366 g/mol. The number of carbonyl (C=O) groups excluding carboxylic acids is 1. The van der Waals surface area contributed by atoms with Crippen molar-refractivity contribution in [1.82, 2.24) is 4.90 Å². The van der Waals surface area contributed by atoms with E-state index in [1.807, 2.05) is 12.1 Å². The Morgan fingerprint density at radius 3 is 1.59 bits per heavy atom. The number of benzene rings is 2. The third-order valence-corrected chi connectivity index (χ3v) is 5.20. The van der Waals surface area contributed by atoms with E-state index < -0.39 is 0 Å². The summed E-state index contributed by atoms with van der Waals surface area (Å²) >= 11 is 0. The Morgan fingerprint density at radius 2 is 1.19 bits per heavy atom. The number of amides is 1. The second-order valence-electron chi connectivity index (χ2n) is 7.37. The van der Waals surface area contributed by atoms with Gasteiger partial charge >= 0.3 is 0 Å². The highest BCUT2D eigenvalue weighted by Crippen LogP contribution is 2.28. The molecule has 0 spiro atoms. The zero-order chi connectivity index (χ0) is 19.3. The molecule has 0 fully saturated rings. The second kappa shape index (κ2) is 12.3. The minimum atomic E-state index is 0.125. The number of unbranched alkanes of at least 4 members (excludes halogenated alkanes) is 4. The van der Waals surface area contributed by atoms with Gasteiger partial charge in [-0.1, -0.05) is 100 Å². The van der Waals surface area contributed by atoms with Crippen molar-refractivity contribution in [3.05, 3.63) is 71.8 Å². The van der Waals surface area contributed by atoms with E-state index in [2.05, 4.69) is 67.3 Å². The molecule has 2 heteroatoms. The van der Waals surface area contributed by atoms with Crippen molar-refractivity contribution in [1.29, 1.82) is 0 Å². The number of carbonyl (C=O) groups is 1. The lowest BCUT2D eigenvalue weighted by Gasteiger charge is -2.26. The predicted octanol–water partition coefficient (Wildman–Crippen LogP) is 6.42. The zero-order valence-electron chi connectivity index (χ0n) is 17.1. The molecule has 0 aliphatic rings. The molecule has 0 radical (unpaired) electrons. The van der Waals surface area contributed by atoms with Gasteiger partial charge in [0.1, 0.15) is 0 Å². The lowest BCUT2D eigenvalue weighted by atomic mass is 9.88. The lowest BCUT2D eigenvalue weighted by Crippen LogP contribution is -2.34. The van der Waals surface area contributed by atoms with Crippen molar-refractivity contribution in [2.75, 3.05) is 13.1 Å². The molecule has 0 aliphatic carbocycles. The summed E-state index contributed by atoms with van der Waals surface area (Å²) in [7, 11) is 0. The van der Waals surface area contributed by atoms with Crippen molar-refractivity contribution in [2.24, 2.45) is 0 Å². The smallest absolute Gasteiger partial charge is 0.223 e. The third-order valence-electron chi connectivity index (χ3n) is 5.20. The molecule has 27 heavy (non-hydrogen) atoms. The van der Waals surface area contributed by atoms with Crippen LogP contribution in [-0.4, -0.2) is 23.9 Å². The summed E-state index contributed by atoms with van der Waals surface area (Å²) in [4.78, 5) is 15.3. The molecular weight excluding hydrogens is 330 g/mol. The van der Waals surface area contributed by atoms with Crippen molar-refractivity contribution >= 4 is 5.91 Å². The molecule has 2 rings (SSSR count). The van der Waals surface area contributed by atoms with Gasteiger partial charge in [-0.3, -0.25) is 4.79 Å². The molecular formula is C25H35NO. The van der Waals surface area contributed by atoms with Gasteiger partial charge in [-0.05, 0) is 24.0 Å². The quantitative estimate of drug-likeness (QED) is 0.398. The zero-order valence-corrected chi connectivity index (χ0v) is 17.1. The molecule has 146 valence electrons. The number of hydrogen-bond donors (Lipinski definition) is 0. The highest BCUT2D eigenvalue weighted by molar-refractivity contribution is 5.77. The third kappa shape index (κ3) is 7.21. The van der Waals surface area contributed by atoms with Gasteiger partial charge in [0.2, 0.25) is 5.91 Å². The number of hydrogen-bond acceptors (Lipinski definition) is 1. The maximum absolute atomic E-state index is 13.2. The van der Waals surface area contributed by atoms with E-state index in [0.29, 0.717) is 12.3 Å². The SMILES string of the molecule is CCCCCN(CCCCC)C(=O)CC(c1ccccc1)c1ccccc1. The Morgan fingerprint density at radius 1 is 0.741 bits per heavy atom. The predicted molar refractivity (Wildman–Crippen MR) is 115 cm³/mol. The fourth-order valence-electron chi connectivity index (χ4n) is 3.57. The highest BCUT2D eigenvalue weighted by atomic mass is 16.2. The van der Waals surface area contributed by atoms with Crippen molar-refractivity contribution in [3.63, 3.8) is 0 Å². The molecule has 2 aromatic rings. The summed E-state index contributed by atoms with van der Waals surface area (Å²) in [5.74, 6) is 0.416. The fourth-order valence-corrected chi connectivity index (χ4v) is 3.57. The van der Waals surface area contributed by atoms with Crippen molar-refractivity contribution < 1.29 is 4.79 Å². The van der Waals surface area contributed by atoms with Crippen LogP contribution in [0.25, 0.3) is 0 Å². The first-order valence-corrected chi connectivity index (χ1v) is 10.6. The van der Waals surface area contributed by atoms with Crippen LogP contribution < -0.4 is 0 Å². The van der Waals surface area contributed by atoms with Crippen LogP contribution in [0.1, 0.15) is 75.8 Å². The van der Waals surface area contributed by atoms with Gasteiger partial charge in [0.05, 0.1) is 0 Å². The maximum Gasteiger partial charge on any atom is 0.223 e. The molecule has 0 saturated carbocycles. The summed E-state index contributed by atoms with van der Waals surface area (Å²) < 4.78 is 0. The molecule has 0 aromatic heterocycles. The van der Waals surface area contributed by atoms with E-state index in [4.69, 9.17) is 0 Å². The summed E-state index contributed by atoms with van der Waals surface area (Å²) in [5.41, 5.74) is 2.44. The monoisotopic (exact) mass is 365 g/mol. The second-order valence-corrected chi connectivity index (χ2v) is 7.37. The Hall–Kier alpha value is -2.09. The summed E-state index contributed by atoms with van der Waals surface area (Å²) in [6.07, 6.45) is 7.52. The summed E-state index contributed by atoms with van der Waals surface area (Å²) in [6.45, 7) is 6.22. The number of nitrogens with zero attached hydrogens (tertiary/aromatic N) is 1. The van der Waals surface area contributed by atoms with Gasteiger partial charge in [-0.15, -0.1) is 0 Å². The first kappa shape index (κ1) is 21.2. The Labute approximate surface area is 165 Å². The largest absolute Gasteiger partial charge is 0.343 e.